The van der Waals surface area contributed by atoms with Crippen LogP contribution >= 0.6 is 0 Å². The van der Waals surface area contributed by atoms with Gasteiger partial charge < -0.3 is 10.1 Å². The minimum Gasteiger partial charge on any atom is -0.457 e. The van der Waals surface area contributed by atoms with Crippen LogP contribution in [0.1, 0.15) is 21.5 Å². The molecule has 24 heavy (non-hydrogen) atoms. The van der Waals surface area contributed by atoms with Crippen molar-refractivity contribution in [2.24, 2.45) is 0 Å². The molecule has 3 heteroatoms. The van der Waals surface area contributed by atoms with Gasteiger partial charge in [-0.05, 0) is 61.4 Å². The van der Waals surface area contributed by atoms with E-state index >= 15 is 0 Å². The van der Waals surface area contributed by atoms with E-state index < -0.39 is 0 Å². The largest absolute Gasteiger partial charge is 0.457 e. The van der Waals surface area contributed by atoms with Gasteiger partial charge >= 0.3 is 0 Å². The highest BCUT2D eigenvalue weighted by molar-refractivity contribution is 6.06. The molecule has 1 amide bonds. The van der Waals surface area contributed by atoms with Gasteiger partial charge in [-0.1, -0.05) is 36.4 Å². The molecule has 0 unspecified atom stereocenters. The van der Waals surface area contributed by atoms with Crippen molar-refractivity contribution in [3.05, 3.63) is 89.5 Å². The summed E-state index contributed by atoms with van der Waals surface area (Å²) in [6.45, 7) is 4.07. The second-order valence-electron chi connectivity index (χ2n) is 5.66. The first-order valence-electron chi connectivity index (χ1n) is 7.84. The average molecular weight is 317 g/mol. The zero-order chi connectivity index (χ0) is 16.9. The normalized spacial score (nSPS) is 10.2. The van der Waals surface area contributed by atoms with Gasteiger partial charge in [-0.25, -0.2) is 0 Å². The summed E-state index contributed by atoms with van der Waals surface area (Å²) < 4.78 is 5.85. The first kappa shape index (κ1) is 15.8. The van der Waals surface area contributed by atoms with Crippen molar-refractivity contribution in [1.29, 1.82) is 0 Å². The molecule has 3 aromatic carbocycles. The minimum atomic E-state index is -0.190. The number of carbonyl (C=O) groups is 1. The van der Waals surface area contributed by atoms with Crippen molar-refractivity contribution < 1.29 is 9.53 Å². The number of hydrogen-bond acceptors (Lipinski definition) is 2. The first-order chi connectivity index (χ1) is 11.6. The van der Waals surface area contributed by atoms with Gasteiger partial charge in [0.2, 0.25) is 0 Å². The van der Waals surface area contributed by atoms with Gasteiger partial charge in [0.25, 0.3) is 5.91 Å². The van der Waals surface area contributed by atoms with Gasteiger partial charge in [-0.15, -0.1) is 0 Å². The molecule has 3 rings (SSSR count). The van der Waals surface area contributed by atoms with Crippen LogP contribution in [0.5, 0.6) is 11.5 Å². The Bertz CT molecular complexity index is 857. The summed E-state index contributed by atoms with van der Waals surface area (Å²) in [4.78, 5) is 12.6. The summed E-state index contributed by atoms with van der Waals surface area (Å²) in [5, 5.41) is 2.93. The van der Waals surface area contributed by atoms with Crippen LogP contribution in [-0.2, 0) is 0 Å². The van der Waals surface area contributed by atoms with Crippen molar-refractivity contribution in [2.75, 3.05) is 5.32 Å². The summed E-state index contributed by atoms with van der Waals surface area (Å²) >= 11 is 0. The summed E-state index contributed by atoms with van der Waals surface area (Å²) in [6.07, 6.45) is 0. The number of nitrogens with one attached hydrogen (secondary N) is 1. The van der Waals surface area contributed by atoms with Crippen molar-refractivity contribution in [1.82, 2.24) is 0 Å². The van der Waals surface area contributed by atoms with Crippen molar-refractivity contribution >= 4 is 11.6 Å². The summed E-state index contributed by atoms with van der Waals surface area (Å²) in [7, 11) is 0. The van der Waals surface area contributed by atoms with Crippen LogP contribution in [0.15, 0.2) is 72.8 Å². The molecule has 0 bridgehead atoms. The molecule has 0 radical (unpaired) electrons. The topological polar surface area (TPSA) is 38.3 Å². The molecule has 0 atom stereocenters. The van der Waals surface area contributed by atoms with Crippen molar-refractivity contribution in [3.63, 3.8) is 0 Å². The molecule has 0 aliphatic rings. The van der Waals surface area contributed by atoms with Gasteiger partial charge in [-0.3, -0.25) is 4.79 Å². The fourth-order valence-corrected chi connectivity index (χ4v) is 2.38. The van der Waals surface area contributed by atoms with Crippen LogP contribution in [0.2, 0.25) is 0 Å². The van der Waals surface area contributed by atoms with Crippen molar-refractivity contribution in [2.45, 2.75) is 13.8 Å². The smallest absolute Gasteiger partial charge is 0.259 e. The fraction of sp³-hybridized carbons (Fsp3) is 0.0952. The van der Waals surface area contributed by atoms with E-state index in [0.29, 0.717) is 17.1 Å². The highest BCUT2D eigenvalue weighted by Gasteiger charge is 2.13. The van der Waals surface area contributed by atoms with Crippen LogP contribution in [-0.4, -0.2) is 5.91 Å². The Morgan fingerprint density at radius 2 is 1.54 bits per heavy atom. The number of rotatable bonds is 4. The number of amides is 1. The number of carbonyl (C=O) groups excluding carboxylic acids is 1. The lowest BCUT2D eigenvalue weighted by atomic mass is 10.1. The van der Waals surface area contributed by atoms with Crippen molar-refractivity contribution in [3.8, 4) is 11.5 Å². The van der Waals surface area contributed by atoms with Crippen LogP contribution in [0.4, 0.5) is 5.69 Å². The second-order valence-corrected chi connectivity index (χ2v) is 5.66. The van der Waals surface area contributed by atoms with Gasteiger partial charge in [0.15, 0.2) is 0 Å². The molecule has 0 heterocycles. The van der Waals surface area contributed by atoms with E-state index in [1.165, 1.54) is 5.56 Å². The molecular formula is C21H19NO2. The fourth-order valence-electron chi connectivity index (χ4n) is 2.38. The van der Waals surface area contributed by atoms with E-state index in [-0.39, 0.29) is 5.91 Å². The third-order valence-corrected chi connectivity index (χ3v) is 3.87. The standard InChI is InChI=1S/C21H19NO2/c1-15-12-13-17(14-16(15)2)22-21(23)19-10-6-7-11-20(19)24-18-8-4-3-5-9-18/h3-14H,1-2H3,(H,22,23). The molecule has 0 saturated carbocycles. The maximum absolute atomic E-state index is 12.6. The highest BCUT2D eigenvalue weighted by atomic mass is 16.5. The number of aryl methyl sites for hydroxylation is 2. The number of benzene rings is 3. The SMILES string of the molecule is Cc1ccc(NC(=O)c2ccccc2Oc2ccccc2)cc1C. The molecule has 0 aliphatic carbocycles. The molecule has 0 aromatic heterocycles. The number of anilines is 1. The molecule has 120 valence electrons. The molecule has 0 spiro atoms. The number of para-hydroxylation sites is 2. The van der Waals surface area contributed by atoms with Crippen LogP contribution in [0.3, 0.4) is 0 Å². The lowest BCUT2D eigenvalue weighted by Gasteiger charge is -2.12. The number of ether oxygens (including phenoxy) is 1. The predicted molar refractivity (Wildman–Crippen MR) is 96.8 cm³/mol. The monoisotopic (exact) mass is 317 g/mol. The summed E-state index contributed by atoms with van der Waals surface area (Å²) in [5.74, 6) is 1.04. The lowest BCUT2D eigenvalue weighted by molar-refractivity contribution is 0.102. The first-order valence-corrected chi connectivity index (χ1v) is 7.84. The van der Waals surface area contributed by atoms with E-state index in [4.69, 9.17) is 4.74 Å². The van der Waals surface area contributed by atoms with E-state index in [9.17, 15) is 4.79 Å². The van der Waals surface area contributed by atoms with E-state index in [0.717, 1.165) is 11.3 Å². The maximum atomic E-state index is 12.6. The molecule has 0 saturated heterocycles. The third kappa shape index (κ3) is 3.63. The summed E-state index contributed by atoms with van der Waals surface area (Å²) in [5.41, 5.74) is 3.61. The van der Waals surface area contributed by atoms with Gasteiger partial charge in [0, 0.05) is 5.69 Å². The third-order valence-electron chi connectivity index (χ3n) is 3.87. The predicted octanol–water partition coefficient (Wildman–Crippen LogP) is 5.35. The van der Waals surface area contributed by atoms with E-state index in [1.54, 1.807) is 12.1 Å². The van der Waals surface area contributed by atoms with E-state index in [1.807, 2.05) is 74.5 Å². The maximum Gasteiger partial charge on any atom is 0.259 e. The Labute approximate surface area is 141 Å². The Kier molecular flexibility index (Phi) is 4.62. The molecule has 1 N–H and O–H groups in total. The van der Waals surface area contributed by atoms with Gasteiger partial charge in [0.1, 0.15) is 11.5 Å². The molecule has 0 fully saturated rings. The Morgan fingerprint density at radius 1 is 0.833 bits per heavy atom. The lowest BCUT2D eigenvalue weighted by Crippen LogP contribution is -2.13. The van der Waals surface area contributed by atoms with Gasteiger partial charge in [0.05, 0.1) is 5.56 Å². The average Bonchev–Trinajstić information content (AvgIpc) is 2.59. The van der Waals surface area contributed by atoms with E-state index in [2.05, 4.69) is 5.32 Å². The van der Waals surface area contributed by atoms with Crippen LogP contribution in [0, 0.1) is 13.8 Å². The van der Waals surface area contributed by atoms with Gasteiger partial charge in [-0.2, -0.15) is 0 Å². The Balaban J connectivity index is 1.83. The second kappa shape index (κ2) is 7.01. The molecular weight excluding hydrogens is 298 g/mol. The minimum absolute atomic E-state index is 0.190. The Hall–Kier alpha value is -3.07. The Morgan fingerprint density at radius 3 is 2.29 bits per heavy atom. The molecule has 0 aliphatic heterocycles. The summed E-state index contributed by atoms with van der Waals surface area (Å²) in [6, 6.07) is 22.5. The van der Waals surface area contributed by atoms with Crippen LogP contribution < -0.4 is 10.1 Å². The molecule has 3 aromatic rings. The van der Waals surface area contributed by atoms with Crippen LogP contribution in [0.25, 0.3) is 0 Å². The molecule has 3 nitrogen and oxygen atoms in total. The highest BCUT2D eigenvalue weighted by Crippen LogP contribution is 2.26. The zero-order valence-corrected chi connectivity index (χ0v) is 13.7. The number of hydrogen-bond donors (Lipinski definition) is 1. The quantitative estimate of drug-likeness (QED) is 0.704. The zero-order valence-electron chi connectivity index (χ0n) is 13.7.